The molecule has 4 heterocycles. The van der Waals surface area contributed by atoms with Crippen LogP contribution >= 0.6 is 0 Å². The van der Waals surface area contributed by atoms with Crippen LogP contribution in [0.5, 0.6) is 0 Å². The van der Waals surface area contributed by atoms with Crippen LogP contribution in [0.15, 0.2) is 36.9 Å². The summed E-state index contributed by atoms with van der Waals surface area (Å²) in [6, 6.07) is 4.08. The molecule has 4 rings (SSSR count). The van der Waals surface area contributed by atoms with E-state index in [-0.39, 0.29) is 5.91 Å². The van der Waals surface area contributed by atoms with E-state index < -0.39 is 11.7 Å². The van der Waals surface area contributed by atoms with Gasteiger partial charge in [-0.1, -0.05) is 19.9 Å². The minimum absolute atomic E-state index is 0.0229. The van der Waals surface area contributed by atoms with Crippen LogP contribution in [0.4, 0.5) is 0 Å². The van der Waals surface area contributed by atoms with Crippen molar-refractivity contribution in [3.05, 3.63) is 48.3 Å². The molecule has 1 spiro atoms. The van der Waals surface area contributed by atoms with Crippen molar-refractivity contribution >= 4 is 5.91 Å². The average molecular weight is 383 g/mol. The molecule has 1 amide bonds. The molecule has 1 unspecified atom stereocenters. The highest BCUT2D eigenvalue weighted by atomic mass is 16.5. The highest BCUT2D eigenvalue weighted by molar-refractivity contribution is 5.80. The normalized spacial score (nSPS) is 21.6. The lowest BCUT2D eigenvalue weighted by atomic mass is 9.88. The summed E-state index contributed by atoms with van der Waals surface area (Å²) in [4.78, 5) is 23.9. The molecule has 150 valence electrons. The first-order chi connectivity index (χ1) is 13.6. The van der Waals surface area contributed by atoms with Gasteiger partial charge in [0.1, 0.15) is 11.4 Å². The van der Waals surface area contributed by atoms with Crippen LogP contribution in [0.3, 0.4) is 0 Å². The summed E-state index contributed by atoms with van der Waals surface area (Å²) in [6.07, 6.45) is 8.70. The fraction of sp³-hybridized carbons (Fsp3) is 0.571. The number of aromatic nitrogens is 3. The molecule has 0 bridgehead atoms. The van der Waals surface area contributed by atoms with Gasteiger partial charge in [0.05, 0.1) is 6.54 Å². The first kappa shape index (κ1) is 19.1. The van der Waals surface area contributed by atoms with Crippen LogP contribution in [0, 0.1) is 5.92 Å². The molecule has 7 nitrogen and oxygen atoms in total. The number of carbonyl (C=O) groups excluding carboxylic acids is 1. The van der Waals surface area contributed by atoms with E-state index >= 15 is 0 Å². The minimum Gasteiger partial charge on any atom is -0.354 e. The van der Waals surface area contributed by atoms with Gasteiger partial charge in [-0.15, -0.1) is 0 Å². The van der Waals surface area contributed by atoms with Gasteiger partial charge in [0.15, 0.2) is 6.10 Å². The maximum Gasteiger partial charge on any atom is 0.251 e. The lowest BCUT2D eigenvalue weighted by molar-refractivity contribution is -0.174. The number of nitrogens with zero attached hydrogens (tertiary/aromatic N) is 4. The molecular weight excluding hydrogens is 354 g/mol. The molecule has 28 heavy (non-hydrogen) atoms. The predicted molar refractivity (Wildman–Crippen MR) is 105 cm³/mol. The lowest BCUT2D eigenvalue weighted by Crippen LogP contribution is -2.54. The first-order valence-electron chi connectivity index (χ1n) is 10.1. The Morgan fingerprint density at radius 2 is 2.18 bits per heavy atom. The molecule has 0 saturated carbocycles. The number of likely N-dealkylation sites (tertiary alicyclic amines) is 1. The molecule has 0 aliphatic carbocycles. The van der Waals surface area contributed by atoms with E-state index in [4.69, 9.17) is 4.74 Å². The van der Waals surface area contributed by atoms with Crippen LogP contribution in [-0.2, 0) is 28.2 Å². The second kappa shape index (κ2) is 8.01. The Hall–Kier alpha value is -2.25. The van der Waals surface area contributed by atoms with Crippen LogP contribution in [0.2, 0.25) is 0 Å². The van der Waals surface area contributed by atoms with E-state index in [1.54, 1.807) is 6.20 Å². The van der Waals surface area contributed by atoms with Crippen molar-refractivity contribution in [3.63, 3.8) is 0 Å². The van der Waals surface area contributed by atoms with Crippen molar-refractivity contribution in [2.45, 2.75) is 51.5 Å². The monoisotopic (exact) mass is 383 g/mol. The second-order valence-corrected chi connectivity index (χ2v) is 8.28. The summed E-state index contributed by atoms with van der Waals surface area (Å²) >= 11 is 0. The van der Waals surface area contributed by atoms with Gasteiger partial charge < -0.3 is 14.6 Å². The smallest absolute Gasteiger partial charge is 0.251 e. The molecule has 2 aliphatic rings. The molecule has 1 N–H and O–H groups in total. The summed E-state index contributed by atoms with van der Waals surface area (Å²) in [7, 11) is 0. The van der Waals surface area contributed by atoms with Gasteiger partial charge in [-0.2, -0.15) is 0 Å². The third-order valence-corrected chi connectivity index (χ3v) is 5.62. The second-order valence-electron chi connectivity index (χ2n) is 8.28. The molecule has 0 aromatic carbocycles. The SMILES string of the molecule is CC(C)CNC(=O)C1Cn2ccnc2C2(CCN(Cc3cccnc3)CC2)O1. The molecular formula is C21H29N5O2. The quantitative estimate of drug-likeness (QED) is 0.854. The van der Waals surface area contributed by atoms with Crippen molar-refractivity contribution in [1.82, 2.24) is 24.8 Å². The van der Waals surface area contributed by atoms with Crippen molar-refractivity contribution in [3.8, 4) is 0 Å². The molecule has 2 aromatic heterocycles. The number of piperidine rings is 1. The highest BCUT2D eigenvalue weighted by Crippen LogP contribution is 2.40. The maximum absolute atomic E-state index is 12.7. The molecule has 1 fully saturated rings. The zero-order chi connectivity index (χ0) is 19.6. The Kier molecular flexibility index (Phi) is 5.46. The third-order valence-electron chi connectivity index (χ3n) is 5.62. The molecule has 2 aromatic rings. The third kappa shape index (κ3) is 3.95. The Bertz CT molecular complexity index is 796. The van der Waals surface area contributed by atoms with Crippen molar-refractivity contribution in [2.75, 3.05) is 19.6 Å². The number of nitrogens with one attached hydrogen (secondary N) is 1. The fourth-order valence-corrected chi connectivity index (χ4v) is 4.12. The fourth-order valence-electron chi connectivity index (χ4n) is 4.12. The van der Waals surface area contributed by atoms with Gasteiger partial charge in [-0.3, -0.25) is 14.7 Å². The Labute approximate surface area is 166 Å². The molecule has 1 saturated heterocycles. The number of rotatable bonds is 5. The summed E-state index contributed by atoms with van der Waals surface area (Å²) < 4.78 is 8.56. The number of fused-ring (bicyclic) bond motifs is 2. The van der Waals surface area contributed by atoms with Crippen LogP contribution in [0.25, 0.3) is 0 Å². The Morgan fingerprint density at radius 1 is 1.36 bits per heavy atom. The first-order valence-corrected chi connectivity index (χ1v) is 10.1. The van der Waals surface area contributed by atoms with Crippen LogP contribution in [-0.4, -0.2) is 51.1 Å². The number of hydrogen-bond donors (Lipinski definition) is 1. The zero-order valence-electron chi connectivity index (χ0n) is 16.7. The number of carbonyl (C=O) groups is 1. The molecule has 2 aliphatic heterocycles. The number of hydrogen-bond acceptors (Lipinski definition) is 5. The van der Waals surface area contributed by atoms with Gasteiger partial charge >= 0.3 is 0 Å². The summed E-state index contributed by atoms with van der Waals surface area (Å²) in [5.41, 5.74) is 0.739. The minimum atomic E-state index is -0.479. The molecule has 1 atom stereocenters. The summed E-state index contributed by atoms with van der Waals surface area (Å²) in [5, 5.41) is 3.02. The van der Waals surface area contributed by atoms with Crippen molar-refractivity contribution in [2.24, 2.45) is 5.92 Å². The van der Waals surface area contributed by atoms with E-state index in [9.17, 15) is 4.79 Å². The van der Waals surface area contributed by atoms with Gasteiger partial charge in [-0.25, -0.2) is 4.98 Å². The lowest BCUT2D eigenvalue weighted by Gasteiger charge is -2.45. The number of imidazole rings is 1. The van der Waals surface area contributed by atoms with E-state index in [0.717, 1.165) is 38.3 Å². The van der Waals surface area contributed by atoms with Gasteiger partial charge in [0.25, 0.3) is 5.91 Å². The van der Waals surface area contributed by atoms with E-state index in [0.29, 0.717) is 19.0 Å². The summed E-state index contributed by atoms with van der Waals surface area (Å²) in [6.45, 7) is 8.08. The Morgan fingerprint density at radius 3 is 2.89 bits per heavy atom. The topological polar surface area (TPSA) is 72.3 Å². The number of pyridine rings is 1. The van der Waals surface area contributed by atoms with Crippen LogP contribution in [0.1, 0.15) is 38.1 Å². The number of amides is 1. The maximum atomic E-state index is 12.7. The van der Waals surface area contributed by atoms with Gasteiger partial charge in [0, 0.05) is 51.0 Å². The summed E-state index contributed by atoms with van der Waals surface area (Å²) in [5.74, 6) is 1.35. The number of ether oxygens (including phenoxy) is 1. The average Bonchev–Trinajstić information content (AvgIpc) is 3.18. The van der Waals surface area contributed by atoms with E-state index in [2.05, 4.69) is 44.7 Å². The van der Waals surface area contributed by atoms with Crippen molar-refractivity contribution < 1.29 is 9.53 Å². The van der Waals surface area contributed by atoms with E-state index in [1.807, 2.05) is 24.7 Å². The Balaban J connectivity index is 1.45. The highest BCUT2D eigenvalue weighted by Gasteiger charge is 2.47. The predicted octanol–water partition coefficient (Wildman–Crippen LogP) is 1.94. The zero-order valence-corrected chi connectivity index (χ0v) is 16.7. The van der Waals surface area contributed by atoms with Crippen molar-refractivity contribution in [1.29, 1.82) is 0 Å². The van der Waals surface area contributed by atoms with E-state index in [1.165, 1.54) is 5.56 Å². The van der Waals surface area contributed by atoms with Crippen LogP contribution < -0.4 is 5.32 Å². The molecule has 7 heteroatoms. The largest absolute Gasteiger partial charge is 0.354 e. The standard InChI is InChI=1S/C21H29N5O2/c1-16(2)12-24-19(27)18-15-26-11-8-23-20(26)21(28-18)5-9-25(10-6-21)14-17-4-3-7-22-13-17/h3-4,7-8,11,13,16,18H,5-6,9-10,12,14-15H2,1-2H3,(H,24,27). The molecule has 0 radical (unpaired) electrons. The van der Waals surface area contributed by atoms with Gasteiger partial charge in [0.2, 0.25) is 0 Å². The van der Waals surface area contributed by atoms with Gasteiger partial charge in [-0.05, 0) is 30.4 Å².